The van der Waals surface area contributed by atoms with Crippen LogP contribution in [-0.4, -0.2) is 0 Å². The molecule has 2 fully saturated rings. The third-order valence-corrected chi connectivity index (χ3v) is 5.36. The summed E-state index contributed by atoms with van der Waals surface area (Å²) in [6.07, 6.45) is 8.98. The van der Waals surface area contributed by atoms with Crippen molar-refractivity contribution in [3.05, 3.63) is 0 Å². The van der Waals surface area contributed by atoms with Crippen molar-refractivity contribution in [2.75, 3.05) is 0 Å². The molecular weight excluding hydrogens is 156 g/mol. The smallest absolute Gasteiger partial charge is 0.0269 e. The highest BCUT2D eigenvalue weighted by atomic mass is 14.5. The summed E-state index contributed by atoms with van der Waals surface area (Å²) < 4.78 is 0. The van der Waals surface area contributed by atoms with Crippen molar-refractivity contribution >= 4 is 0 Å². The van der Waals surface area contributed by atoms with Gasteiger partial charge in [-0.25, -0.2) is 0 Å². The van der Waals surface area contributed by atoms with Gasteiger partial charge in [0.25, 0.3) is 0 Å². The number of hydrogen-bond acceptors (Lipinski definition) is 0. The van der Waals surface area contributed by atoms with Crippen molar-refractivity contribution in [2.24, 2.45) is 23.2 Å². The summed E-state index contributed by atoms with van der Waals surface area (Å²) in [6, 6.07) is 0. The Hall–Kier alpha value is 0. The number of rotatable bonds is 1. The van der Waals surface area contributed by atoms with Gasteiger partial charge in [-0.2, -0.15) is 0 Å². The minimum absolute atomic E-state index is 0.721. The highest BCUT2D eigenvalue weighted by Gasteiger charge is 2.47. The third-order valence-electron chi connectivity index (χ3n) is 5.36. The Morgan fingerprint density at radius 1 is 1.23 bits per heavy atom. The first-order chi connectivity index (χ1) is 6.18. The van der Waals surface area contributed by atoms with Crippen LogP contribution in [0.2, 0.25) is 0 Å². The molecule has 2 saturated carbocycles. The second-order valence-electron chi connectivity index (χ2n) is 5.63. The lowest BCUT2D eigenvalue weighted by atomic mass is 9.59. The monoisotopic (exact) mass is 180 g/mol. The first-order valence-corrected chi connectivity index (χ1v) is 6.18. The number of hydrogen-bond donors (Lipinski definition) is 0. The van der Waals surface area contributed by atoms with E-state index >= 15 is 0 Å². The molecule has 0 heterocycles. The fraction of sp³-hybridized carbons (Fsp3) is 1.00. The zero-order chi connectivity index (χ0) is 9.47. The van der Waals surface area contributed by atoms with E-state index in [9.17, 15) is 0 Å². The molecule has 4 unspecified atom stereocenters. The fourth-order valence-corrected chi connectivity index (χ4v) is 4.10. The molecule has 0 aliphatic heterocycles. The van der Waals surface area contributed by atoms with Crippen LogP contribution in [0.25, 0.3) is 0 Å². The van der Waals surface area contributed by atoms with E-state index in [0.717, 1.165) is 23.2 Å². The van der Waals surface area contributed by atoms with Crippen LogP contribution < -0.4 is 0 Å². The molecule has 0 aromatic heterocycles. The summed E-state index contributed by atoms with van der Waals surface area (Å²) in [5.74, 6) is 3.09. The number of fused-ring (bicyclic) bond motifs is 1. The van der Waals surface area contributed by atoms with Gasteiger partial charge in [0.1, 0.15) is 0 Å². The molecule has 0 bridgehead atoms. The van der Waals surface area contributed by atoms with E-state index < -0.39 is 0 Å². The van der Waals surface area contributed by atoms with Crippen LogP contribution in [0.15, 0.2) is 0 Å². The molecule has 76 valence electrons. The van der Waals surface area contributed by atoms with Crippen LogP contribution in [0.5, 0.6) is 0 Å². The van der Waals surface area contributed by atoms with Gasteiger partial charge in [-0.1, -0.05) is 33.6 Å². The second-order valence-corrected chi connectivity index (χ2v) is 5.63. The van der Waals surface area contributed by atoms with Gasteiger partial charge in [0.15, 0.2) is 0 Å². The molecule has 2 aliphatic rings. The molecule has 0 radical (unpaired) electrons. The lowest BCUT2D eigenvalue weighted by Crippen LogP contribution is -2.38. The maximum atomic E-state index is 2.57. The summed E-state index contributed by atoms with van der Waals surface area (Å²) in [5, 5.41) is 0. The van der Waals surface area contributed by atoms with Crippen LogP contribution in [0, 0.1) is 23.2 Å². The quantitative estimate of drug-likeness (QED) is 0.566. The summed E-state index contributed by atoms with van der Waals surface area (Å²) in [6.45, 7) is 7.46. The van der Waals surface area contributed by atoms with Crippen molar-refractivity contribution in [3.8, 4) is 0 Å². The summed E-state index contributed by atoms with van der Waals surface area (Å²) in [5.41, 5.74) is 0.721. The molecule has 0 N–H and O–H groups in total. The van der Waals surface area contributed by atoms with Crippen LogP contribution in [0.4, 0.5) is 0 Å². The molecule has 0 saturated heterocycles. The Bertz CT molecular complexity index is 184. The summed E-state index contributed by atoms with van der Waals surface area (Å²) in [4.78, 5) is 0. The molecule has 4 atom stereocenters. The fourth-order valence-electron chi connectivity index (χ4n) is 4.10. The van der Waals surface area contributed by atoms with Gasteiger partial charge in [-0.15, -0.1) is 0 Å². The van der Waals surface area contributed by atoms with Gasteiger partial charge in [0.05, 0.1) is 0 Å². The maximum Gasteiger partial charge on any atom is -0.0269 e. The van der Waals surface area contributed by atoms with E-state index in [2.05, 4.69) is 20.8 Å². The van der Waals surface area contributed by atoms with Gasteiger partial charge in [-0.05, 0) is 48.9 Å². The van der Waals surface area contributed by atoms with Crippen molar-refractivity contribution in [1.82, 2.24) is 0 Å². The van der Waals surface area contributed by atoms with Gasteiger partial charge in [0.2, 0.25) is 0 Å². The Morgan fingerprint density at radius 3 is 2.69 bits per heavy atom. The van der Waals surface area contributed by atoms with E-state index in [0.29, 0.717) is 0 Å². The molecule has 2 rings (SSSR count). The van der Waals surface area contributed by atoms with Crippen LogP contribution in [0.1, 0.15) is 59.3 Å². The van der Waals surface area contributed by atoms with Gasteiger partial charge >= 0.3 is 0 Å². The van der Waals surface area contributed by atoms with Crippen molar-refractivity contribution in [1.29, 1.82) is 0 Å². The average Bonchev–Trinajstić information content (AvgIpc) is 2.50. The highest BCUT2D eigenvalue weighted by molar-refractivity contribution is 4.97. The molecule has 0 spiro atoms. The SMILES string of the molecule is CCC1CCC2CCCC2(C)C1C. The Balaban J connectivity index is 2.16. The molecule has 2 aliphatic carbocycles. The normalized spacial score (nSPS) is 50.5. The largest absolute Gasteiger partial charge is 0.0651 e. The van der Waals surface area contributed by atoms with Crippen molar-refractivity contribution in [3.63, 3.8) is 0 Å². The van der Waals surface area contributed by atoms with Gasteiger partial charge < -0.3 is 0 Å². The molecule has 0 amide bonds. The summed E-state index contributed by atoms with van der Waals surface area (Å²) in [7, 11) is 0. The van der Waals surface area contributed by atoms with E-state index in [4.69, 9.17) is 0 Å². The van der Waals surface area contributed by atoms with E-state index in [-0.39, 0.29) is 0 Å². The average molecular weight is 180 g/mol. The van der Waals surface area contributed by atoms with Gasteiger partial charge in [-0.3, -0.25) is 0 Å². The predicted molar refractivity (Wildman–Crippen MR) is 57.6 cm³/mol. The van der Waals surface area contributed by atoms with E-state index in [1.165, 1.54) is 38.5 Å². The molecule has 0 aromatic carbocycles. The van der Waals surface area contributed by atoms with Crippen LogP contribution in [-0.2, 0) is 0 Å². The standard InChI is InChI=1S/C13H24/c1-4-11-7-8-12-6-5-9-13(12,3)10(11)2/h10-12H,4-9H2,1-3H3. The Morgan fingerprint density at radius 2 is 2.00 bits per heavy atom. The van der Waals surface area contributed by atoms with Crippen LogP contribution >= 0.6 is 0 Å². The predicted octanol–water partition coefficient (Wildman–Crippen LogP) is 4.25. The third kappa shape index (κ3) is 1.33. The lowest BCUT2D eigenvalue weighted by Gasteiger charge is -2.46. The van der Waals surface area contributed by atoms with Crippen molar-refractivity contribution < 1.29 is 0 Å². The molecule has 13 heavy (non-hydrogen) atoms. The molecule has 0 heteroatoms. The zero-order valence-electron chi connectivity index (χ0n) is 9.47. The first kappa shape index (κ1) is 9.55. The summed E-state index contributed by atoms with van der Waals surface area (Å²) >= 11 is 0. The molecule has 0 nitrogen and oxygen atoms in total. The Labute approximate surface area is 83.1 Å². The minimum Gasteiger partial charge on any atom is -0.0651 e. The van der Waals surface area contributed by atoms with E-state index in [1.807, 2.05) is 0 Å². The minimum atomic E-state index is 0.721. The molecule has 0 aromatic rings. The molecular formula is C13H24. The first-order valence-electron chi connectivity index (χ1n) is 6.18. The highest BCUT2D eigenvalue weighted by Crippen LogP contribution is 2.57. The topological polar surface area (TPSA) is 0 Å². The zero-order valence-corrected chi connectivity index (χ0v) is 9.47. The van der Waals surface area contributed by atoms with E-state index in [1.54, 1.807) is 0 Å². The Kier molecular flexibility index (Phi) is 2.42. The van der Waals surface area contributed by atoms with Crippen molar-refractivity contribution in [2.45, 2.75) is 59.3 Å². The maximum absolute atomic E-state index is 2.57. The lowest BCUT2D eigenvalue weighted by molar-refractivity contribution is 0.0295. The second kappa shape index (κ2) is 3.29. The van der Waals surface area contributed by atoms with Crippen LogP contribution in [0.3, 0.4) is 0 Å². The van der Waals surface area contributed by atoms with Gasteiger partial charge in [0, 0.05) is 0 Å².